The maximum atomic E-state index is 12.8. The lowest BCUT2D eigenvalue weighted by Gasteiger charge is -2.42. The SMILES string of the molecule is CC1CCN(C2CCC(Nc3ncc4cc5n(c4n3)C3(CCCCC3)CCC5=O)CC2)CC1.CN1CCN(C2CCC(Nc3ncc4cc5n(c4n3)C3(CCCCC3)CCC5=O)CC2)CC1.CN1CCN(C2CCC(Nc3ncc4cc5n(c4n3)C3(CCCCC3)CCC5=O)CC2)CC1. The van der Waals surface area contributed by atoms with Crippen LogP contribution in [-0.4, -0.2) is 201 Å². The van der Waals surface area contributed by atoms with E-state index in [2.05, 4.69) is 90.1 Å². The third-order valence-electron chi connectivity index (χ3n) is 27.2. The zero-order chi connectivity index (χ0) is 67.2. The van der Waals surface area contributed by atoms with E-state index >= 15 is 0 Å². The van der Waals surface area contributed by atoms with Gasteiger partial charge in [-0.15, -0.1) is 0 Å². The summed E-state index contributed by atoms with van der Waals surface area (Å²) in [5.41, 5.74) is 5.71. The Bertz CT molecular complexity index is 3420. The molecule has 3 saturated heterocycles. The Morgan fingerprint density at radius 3 is 0.929 bits per heavy atom. The molecule has 0 aromatic carbocycles. The number of piperidine rings is 1. The molecule has 12 heterocycles. The molecule has 534 valence electrons. The number of carbonyl (C=O) groups excluding carboxylic acids is 3. The molecule has 0 radical (unpaired) electrons. The summed E-state index contributed by atoms with van der Waals surface area (Å²) in [7, 11) is 4.45. The number of nitrogens with zero attached hydrogens (tertiary/aromatic N) is 14. The Kier molecular flexibility index (Phi) is 19.8. The van der Waals surface area contributed by atoms with E-state index in [9.17, 15) is 14.4 Å². The zero-order valence-electron chi connectivity index (χ0n) is 60.3. The second-order valence-corrected chi connectivity index (χ2v) is 33.5. The van der Waals surface area contributed by atoms with Gasteiger partial charge in [0.25, 0.3) is 0 Å². The summed E-state index contributed by atoms with van der Waals surface area (Å²) >= 11 is 0. The number of Topliss-reactive ketones (excluding diaryl/α,β-unsaturated/α-hetero) is 3. The Hall–Kier alpha value is -5.93. The number of ketones is 3. The van der Waals surface area contributed by atoms with Crippen molar-refractivity contribution < 1.29 is 14.4 Å². The maximum absolute atomic E-state index is 12.8. The smallest absolute Gasteiger partial charge is 0.224 e. The van der Waals surface area contributed by atoms with Gasteiger partial charge in [0.1, 0.15) is 16.9 Å². The molecule has 20 nitrogen and oxygen atoms in total. The molecule has 0 bridgehead atoms. The fourth-order valence-corrected chi connectivity index (χ4v) is 21.1. The molecule has 3 N–H and O–H groups in total. The van der Waals surface area contributed by atoms with Crippen LogP contribution in [0.1, 0.15) is 263 Å². The first-order valence-electron chi connectivity index (χ1n) is 40.0. The molecular weight excluding hydrogens is 1230 g/mol. The van der Waals surface area contributed by atoms with Crippen molar-refractivity contribution in [3.63, 3.8) is 0 Å². The van der Waals surface area contributed by atoms with Gasteiger partial charge in [-0.05, 0) is 199 Å². The summed E-state index contributed by atoms with van der Waals surface area (Å²) in [6.07, 6.45) is 46.5. The normalized spacial score (nSPS) is 28.8. The molecule has 6 aliphatic heterocycles. The second kappa shape index (κ2) is 29.1. The molecule has 6 aromatic rings. The minimum absolute atomic E-state index is 0.0788. The molecule has 3 spiro atoms. The van der Waals surface area contributed by atoms with Crippen molar-refractivity contribution in [1.82, 2.24) is 68.1 Å². The van der Waals surface area contributed by atoms with E-state index in [4.69, 9.17) is 15.0 Å². The van der Waals surface area contributed by atoms with Gasteiger partial charge in [-0.3, -0.25) is 24.2 Å². The molecular formula is C79H115N17O3. The van der Waals surface area contributed by atoms with Crippen molar-refractivity contribution >= 4 is 68.3 Å². The lowest BCUT2D eigenvalue weighted by atomic mass is 9.75. The molecule has 20 heteroatoms. The monoisotopic (exact) mass is 1350 g/mol. The second-order valence-electron chi connectivity index (χ2n) is 33.5. The molecule has 0 atom stereocenters. The lowest BCUT2D eigenvalue weighted by molar-refractivity contribution is 0.0847. The van der Waals surface area contributed by atoms with Crippen LogP contribution < -0.4 is 16.0 Å². The fourth-order valence-electron chi connectivity index (χ4n) is 21.1. The lowest BCUT2D eigenvalue weighted by Crippen LogP contribution is -2.50. The maximum Gasteiger partial charge on any atom is 0.224 e. The van der Waals surface area contributed by atoms with Crippen molar-refractivity contribution in [2.24, 2.45) is 5.92 Å². The number of rotatable bonds is 9. The first kappa shape index (κ1) is 67.6. The molecule has 18 rings (SSSR count). The average Bonchev–Trinajstić information content (AvgIpc) is 1.63. The van der Waals surface area contributed by atoms with Crippen molar-refractivity contribution in [1.29, 1.82) is 0 Å². The van der Waals surface area contributed by atoms with Gasteiger partial charge < -0.3 is 44.4 Å². The molecule has 0 amide bonds. The number of likely N-dealkylation sites (tertiary alicyclic amines) is 1. The Labute approximate surface area is 587 Å². The predicted molar refractivity (Wildman–Crippen MR) is 394 cm³/mol. The van der Waals surface area contributed by atoms with E-state index in [-0.39, 0.29) is 34.0 Å². The number of carbonyl (C=O) groups is 3. The topological polar surface area (TPSA) is 196 Å². The Morgan fingerprint density at radius 2 is 0.636 bits per heavy atom. The third-order valence-corrected chi connectivity index (χ3v) is 27.2. The van der Waals surface area contributed by atoms with Crippen LogP contribution in [0.5, 0.6) is 0 Å². The number of likely N-dealkylation sites (N-methyl/N-ethyl adjacent to an activating group) is 2. The highest BCUT2D eigenvalue weighted by Crippen LogP contribution is 2.49. The number of piperazine rings is 2. The highest BCUT2D eigenvalue weighted by atomic mass is 16.1. The van der Waals surface area contributed by atoms with E-state index in [1.165, 1.54) is 252 Å². The minimum atomic E-state index is 0.0788. The van der Waals surface area contributed by atoms with Crippen LogP contribution in [-0.2, 0) is 16.6 Å². The summed E-state index contributed by atoms with van der Waals surface area (Å²) in [6, 6.07) is 9.67. The Balaban J connectivity index is 0.000000116. The molecule has 6 aromatic heterocycles. The van der Waals surface area contributed by atoms with Crippen LogP contribution in [0.25, 0.3) is 33.1 Å². The summed E-state index contributed by atoms with van der Waals surface area (Å²) < 4.78 is 6.98. The molecule has 6 saturated carbocycles. The average molecular weight is 1350 g/mol. The molecule has 6 aliphatic carbocycles. The van der Waals surface area contributed by atoms with E-state index in [0.717, 1.165) is 111 Å². The molecule has 99 heavy (non-hydrogen) atoms. The largest absolute Gasteiger partial charge is 0.351 e. The van der Waals surface area contributed by atoms with Gasteiger partial charge in [0.05, 0.1) is 17.1 Å². The first-order valence-corrected chi connectivity index (χ1v) is 40.0. The summed E-state index contributed by atoms with van der Waals surface area (Å²) in [4.78, 5) is 80.4. The third kappa shape index (κ3) is 14.0. The van der Waals surface area contributed by atoms with Gasteiger partial charge in [0, 0.05) is 159 Å². The van der Waals surface area contributed by atoms with E-state index in [1.54, 1.807) is 0 Å². The van der Waals surface area contributed by atoms with Crippen LogP contribution >= 0.6 is 0 Å². The number of aromatic nitrogens is 9. The van der Waals surface area contributed by atoms with Crippen molar-refractivity contribution in [3.8, 4) is 0 Å². The van der Waals surface area contributed by atoms with Gasteiger partial charge in [0.2, 0.25) is 17.8 Å². The number of hydrogen-bond acceptors (Lipinski definition) is 17. The minimum Gasteiger partial charge on any atom is -0.351 e. The van der Waals surface area contributed by atoms with Gasteiger partial charge in [-0.1, -0.05) is 64.7 Å². The number of fused-ring (bicyclic) bond motifs is 12. The van der Waals surface area contributed by atoms with Gasteiger partial charge in [-0.25, -0.2) is 15.0 Å². The van der Waals surface area contributed by atoms with Crippen LogP contribution in [0, 0.1) is 5.92 Å². The van der Waals surface area contributed by atoms with Gasteiger partial charge in [0.15, 0.2) is 17.3 Å². The Morgan fingerprint density at radius 1 is 0.354 bits per heavy atom. The summed E-state index contributed by atoms with van der Waals surface area (Å²) in [6.45, 7) is 14.6. The highest BCUT2D eigenvalue weighted by Gasteiger charge is 2.45. The summed E-state index contributed by atoms with van der Waals surface area (Å²) in [5.74, 6) is 3.90. The first-order chi connectivity index (χ1) is 48.3. The van der Waals surface area contributed by atoms with Crippen molar-refractivity contribution in [2.75, 3.05) is 95.5 Å². The van der Waals surface area contributed by atoms with E-state index in [0.29, 0.717) is 37.4 Å². The number of nitrogens with one attached hydrogen (secondary N) is 3. The molecule has 12 aliphatic rings. The standard InChI is InChI=1S/C27H39N5O.2C26H38N6O/c1-19-10-15-31(16-11-19)22-7-5-21(6-8-22)29-26-28-18-20-17-23-24(33)9-14-27(12-3-2-4-13-27)32(23)25(20)30-26;2*1-30-13-15-31(16-14-30)21-7-5-20(6-8-21)28-25-27-18-19-17-22-23(33)9-12-26(10-3-2-4-11-26)32(22)24(19)29-25/h17-19,21-22H,2-16H2,1H3,(H,28,29,30);2*17-18,20-21H,2-16H2,1H3,(H,27,28,29). The van der Waals surface area contributed by atoms with Crippen LogP contribution in [0.15, 0.2) is 36.8 Å². The van der Waals surface area contributed by atoms with Crippen molar-refractivity contribution in [3.05, 3.63) is 53.9 Å². The van der Waals surface area contributed by atoms with E-state index in [1.807, 2.05) is 36.8 Å². The fraction of sp³-hybridized carbons (Fsp3) is 0.734. The van der Waals surface area contributed by atoms with Crippen LogP contribution in [0.3, 0.4) is 0 Å². The molecule has 9 fully saturated rings. The molecule has 0 unspecified atom stereocenters. The number of hydrogen-bond donors (Lipinski definition) is 3. The van der Waals surface area contributed by atoms with Crippen molar-refractivity contribution in [2.45, 2.75) is 285 Å². The predicted octanol–water partition coefficient (Wildman–Crippen LogP) is 13.6. The zero-order valence-corrected chi connectivity index (χ0v) is 60.3. The van der Waals surface area contributed by atoms with Gasteiger partial charge >= 0.3 is 0 Å². The summed E-state index contributed by atoms with van der Waals surface area (Å²) in [5, 5.41) is 14.0. The van der Waals surface area contributed by atoms with Gasteiger partial charge in [-0.2, -0.15) is 15.0 Å². The van der Waals surface area contributed by atoms with Crippen LogP contribution in [0.2, 0.25) is 0 Å². The number of anilines is 3. The highest BCUT2D eigenvalue weighted by molar-refractivity contribution is 6.02. The van der Waals surface area contributed by atoms with Crippen LogP contribution in [0.4, 0.5) is 17.8 Å². The van der Waals surface area contributed by atoms with E-state index < -0.39 is 0 Å². The quantitative estimate of drug-likeness (QED) is 0.124.